The molecule has 8 nitrogen and oxygen atoms in total. The third-order valence-corrected chi connectivity index (χ3v) is 4.65. The van der Waals surface area contributed by atoms with Crippen molar-refractivity contribution in [3.63, 3.8) is 0 Å². The number of aromatic nitrogens is 4. The monoisotopic (exact) mass is 375 g/mol. The van der Waals surface area contributed by atoms with Crippen LogP contribution in [0.15, 0.2) is 24.3 Å². The standard InChI is InChI=1S/C17H18ClN5O3/c1-11-6-15(17(24)25)19-22(11)10-14-8-12(18)7-13-9-16(20-23(13)14)21-2-4-26-5-3-21/h6-9H,2-5,10H2,1H3,(H,24,25). The summed E-state index contributed by atoms with van der Waals surface area (Å²) in [5, 5.41) is 18.6. The quantitative estimate of drug-likeness (QED) is 0.751. The van der Waals surface area contributed by atoms with Crippen LogP contribution >= 0.6 is 11.6 Å². The second-order valence-electron chi connectivity index (χ2n) is 6.24. The normalized spacial score (nSPS) is 14.9. The van der Waals surface area contributed by atoms with Gasteiger partial charge in [0, 0.05) is 29.9 Å². The van der Waals surface area contributed by atoms with E-state index in [1.54, 1.807) is 10.7 Å². The van der Waals surface area contributed by atoms with Crippen molar-refractivity contribution in [1.82, 2.24) is 19.4 Å². The zero-order chi connectivity index (χ0) is 18.3. The van der Waals surface area contributed by atoms with Gasteiger partial charge in [-0.1, -0.05) is 11.6 Å². The smallest absolute Gasteiger partial charge is 0.356 e. The second kappa shape index (κ2) is 6.62. The van der Waals surface area contributed by atoms with Crippen molar-refractivity contribution >= 4 is 28.9 Å². The maximum absolute atomic E-state index is 11.1. The molecule has 0 atom stereocenters. The molecule has 9 heteroatoms. The van der Waals surface area contributed by atoms with Crippen LogP contribution in [0.2, 0.25) is 5.02 Å². The lowest BCUT2D eigenvalue weighted by Crippen LogP contribution is -2.36. The predicted octanol–water partition coefficient (Wildman–Crippen LogP) is 2.08. The molecular formula is C17H18ClN5O3. The SMILES string of the molecule is Cc1cc(C(=O)O)nn1Cc1cc(Cl)cc2cc(N3CCOCC3)nn12. The van der Waals surface area contributed by atoms with Crippen LogP contribution in [0.1, 0.15) is 21.9 Å². The van der Waals surface area contributed by atoms with E-state index in [1.807, 2.05) is 29.6 Å². The highest BCUT2D eigenvalue weighted by atomic mass is 35.5. The Hall–Kier alpha value is -2.58. The van der Waals surface area contributed by atoms with Crippen molar-refractivity contribution in [2.24, 2.45) is 0 Å². The van der Waals surface area contributed by atoms with E-state index >= 15 is 0 Å². The molecule has 1 aliphatic rings. The molecule has 0 bridgehead atoms. The van der Waals surface area contributed by atoms with Crippen LogP contribution in [0.5, 0.6) is 0 Å². The van der Waals surface area contributed by atoms with E-state index in [0.717, 1.165) is 35.8 Å². The lowest BCUT2D eigenvalue weighted by Gasteiger charge is -2.26. The Morgan fingerprint density at radius 2 is 2.00 bits per heavy atom. The van der Waals surface area contributed by atoms with Crippen LogP contribution in [0.4, 0.5) is 5.82 Å². The minimum absolute atomic E-state index is 0.0234. The average molecular weight is 376 g/mol. The molecule has 3 aromatic heterocycles. The van der Waals surface area contributed by atoms with Gasteiger partial charge in [0.05, 0.1) is 31.0 Å². The molecule has 1 saturated heterocycles. The molecule has 0 spiro atoms. The number of fused-ring (bicyclic) bond motifs is 1. The van der Waals surface area contributed by atoms with E-state index in [0.29, 0.717) is 24.8 Å². The molecule has 4 heterocycles. The van der Waals surface area contributed by atoms with Crippen molar-refractivity contribution in [1.29, 1.82) is 0 Å². The minimum atomic E-state index is -1.04. The number of anilines is 1. The molecule has 0 aromatic carbocycles. The number of aryl methyl sites for hydroxylation is 1. The number of hydrogen-bond acceptors (Lipinski definition) is 5. The summed E-state index contributed by atoms with van der Waals surface area (Å²) in [7, 11) is 0. The topological polar surface area (TPSA) is 84.9 Å². The first-order valence-electron chi connectivity index (χ1n) is 8.30. The van der Waals surface area contributed by atoms with Gasteiger partial charge < -0.3 is 14.7 Å². The number of hydrogen-bond donors (Lipinski definition) is 1. The van der Waals surface area contributed by atoms with E-state index in [-0.39, 0.29) is 5.69 Å². The van der Waals surface area contributed by atoms with Crippen LogP contribution in [0, 0.1) is 6.92 Å². The summed E-state index contributed by atoms with van der Waals surface area (Å²) in [5.74, 6) is -0.169. The molecule has 0 unspecified atom stereocenters. The summed E-state index contributed by atoms with van der Waals surface area (Å²) in [5.41, 5.74) is 2.50. The van der Waals surface area contributed by atoms with Gasteiger partial charge in [0.2, 0.25) is 0 Å². The molecule has 0 radical (unpaired) electrons. The van der Waals surface area contributed by atoms with Gasteiger partial charge in [-0.05, 0) is 25.1 Å². The number of ether oxygens (including phenoxy) is 1. The first-order chi connectivity index (χ1) is 12.5. The Kier molecular flexibility index (Phi) is 4.29. The Bertz CT molecular complexity index is 974. The molecule has 1 N–H and O–H groups in total. The lowest BCUT2D eigenvalue weighted by atomic mass is 10.3. The van der Waals surface area contributed by atoms with Gasteiger partial charge in [-0.15, -0.1) is 5.10 Å². The van der Waals surface area contributed by atoms with Crippen molar-refractivity contribution in [3.8, 4) is 0 Å². The van der Waals surface area contributed by atoms with Gasteiger partial charge >= 0.3 is 5.97 Å². The average Bonchev–Trinajstić information content (AvgIpc) is 3.20. The molecule has 26 heavy (non-hydrogen) atoms. The van der Waals surface area contributed by atoms with Gasteiger partial charge in [0.25, 0.3) is 0 Å². The second-order valence-corrected chi connectivity index (χ2v) is 6.67. The van der Waals surface area contributed by atoms with E-state index in [2.05, 4.69) is 10.00 Å². The molecule has 3 aromatic rings. The summed E-state index contributed by atoms with van der Waals surface area (Å²) >= 11 is 6.28. The summed E-state index contributed by atoms with van der Waals surface area (Å²) in [6, 6.07) is 7.23. The molecule has 4 rings (SSSR count). The summed E-state index contributed by atoms with van der Waals surface area (Å²) in [6.45, 7) is 5.17. The van der Waals surface area contributed by atoms with Gasteiger partial charge in [-0.25, -0.2) is 9.31 Å². The predicted molar refractivity (Wildman–Crippen MR) is 96.3 cm³/mol. The maximum Gasteiger partial charge on any atom is 0.356 e. The lowest BCUT2D eigenvalue weighted by molar-refractivity contribution is 0.0689. The number of carboxylic acids is 1. The molecule has 1 fully saturated rings. The Morgan fingerprint density at radius 3 is 2.69 bits per heavy atom. The molecule has 136 valence electrons. The van der Waals surface area contributed by atoms with Crippen LogP contribution in [0.25, 0.3) is 5.52 Å². The number of carbonyl (C=O) groups is 1. The van der Waals surface area contributed by atoms with Crippen LogP contribution in [-0.4, -0.2) is 56.8 Å². The zero-order valence-corrected chi connectivity index (χ0v) is 15.0. The fourth-order valence-electron chi connectivity index (χ4n) is 3.11. The fourth-order valence-corrected chi connectivity index (χ4v) is 3.34. The van der Waals surface area contributed by atoms with Crippen molar-refractivity contribution < 1.29 is 14.6 Å². The number of aromatic carboxylic acids is 1. The number of carboxylic acid groups (broad SMARTS) is 1. The summed E-state index contributed by atoms with van der Waals surface area (Å²) in [6.07, 6.45) is 0. The van der Waals surface area contributed by atoms with Crippen molar-refractivity contribution in [3.05, 3.63) is 46.4 Å². The molecule has 0 aliphatic carbocycles. The van der Waals surface area contributed by atoms with E-state index in [4.69, 9.17) is 26.5 Å². The highest BCUT2D eigenvalue weighted by molar-refractivity contribution is 6.31. The Morgan fingerprint density at radius 1 is 1.23 bits per heavy atom. The third-order valence-electron chi connectivity index (χ3n) is 4.43. The number of rotatable bonds is 4. The first-order valence-corrected chi connectivity index (χ1v) is 8.68. The molecular weight excluding hydrogens is 358 g/mol. The number of nitrogens with zero attached hydrogens (tertiary/aromatic N) is 5. The number of morpholine rings is 1. The van der Waals surface area contributed by atoms with Crippen molar-refractivity contribution in [2.45, 2.75) is 13.5 Å². The summed E-state index contributed by atoms with van der Waals surface area (Å²) in [4.78, 5) is 13.3. The van der Waals surface area contributed by atoms with E-state index < -0.39 is 5.97 Å². The van der Waals surface area contributed by atoms with Crippen LogP contribution in [0.3, 0.4) is 0 Å². The minimum Gasteiger partial charge on any atom is -0.476 e. The van der Waals surface area contributed by atoms with E-state index in [1.165, 1.54) is 0 Å². The Labute approximate surface area is 154 Å². The Balaban J connectivity index is 1.72. The number of pyridine rings is 1. The van der Waals surface area contributed by atoms with Gasteiger partial charge in [0.1, 0.15) is 0 Å². The largest absolute Gasteiger partial charge is 0.476 e. The first kappa shape index (κ1) is 16.9. The van der Waals surface area contributed by atoms with Gasteiger partial charge in [0.15, 0.2) is 11.5 Å². The molecule has 1 aliphatic heterocycles. The number of halogens is 1. The maximum atomic E-state index is 11.1. The third kappa shape index (κ3) is 3.13. The highest BCUT2D eigenvalue weighted by Crippen LogP contribution is 2.23. The highest BCUT2D eigenvalue weighted by Gasteiger charge is 2.17. The van der Waals surface area contributed by atoms with Crippen LogP contribution < -0.4 is 4.90 Å². The van der Waals surface area contributed by atoms with Gasteiger partial charge in [-0.3, -0.25) is 4.68 Å². The van der Waals surface area contributed by atoms with Crippen molar-refractivity contribution in [2.75, 3.05) is 31.2 Å². The fraction of sp³-hybridized carbons (Fsp3) is 0.353. The molecule has 0 amide bonds. The van der Waals surface area contributed by atoms with Gasteiger partial charge in [-0.2, -0.15) is 5.10 Å². The zero-order valence-electron chi connectivity index (χ0n) is 14.2. The van der Waals surface area contributed by atoms with E-state index in [9.17, 15) is 4.79 Å². The van der Waals surface area contributed by atoms with Crippen LogP contribution in [-0.2, 0) is 11.3 Å². The molecule has 0 saturated carbocycles. The summed E-state index contributed by atoms with van der Waals surface area (Å²) < 4.78 is 8.87.